The van der Waals surface area contributed by atoms with Crippen molar-refractivity contribution in [2.24, 2.45) is 10.9 Å². The zero-order valence-corrected chi connectivity index (χ0v) is 14.9. The first-order valence-corrected chi connectivity index (χ1v) is 8.96. The molecule has 0 saturated heterocycles. The van der Waals surface area contributed by atoms with Crippen molar-refractivity contribution in [2.45, 2.75) is 33.2 Å². The number of rotatable bonds is 7. The van der Waals surface area contributed by atoms with Crippen LogP contribution < -0.4 is 16.0 Å². The van der Waals surface area contributed by atoms with Crippen LogP contribution in [0.2, 0.25) is 0 Å². The van der Waals surface area contributed by atoms with Crippen LogP contribution in [0.4, 0.5) is 0 Å². The first-order valence-electron chi connectivity index (χ1n) is 8.96. The SMILES string of the molecule is CCNC(=NCc1oc2ccccc2c1C)NCCNC(=O)C1CC1. The Kier molecular flexibility index (Phi) is 5.58. The lowest BCUT2D eigenvalue weighted by atomic mass is 10.1. The number of aliphatic imine (C=N–C) groups is 1. The molecule has 25 heavy (non-hydrogen) atoms. The van der Waals surface area contributed by atoms with Gasteiger partial charge in [-0.25, -0.2) is 4.99 Å². The highest BCUT2D eigenvalue weighted by molar-refractivity contribution is 5.83. The number of guanidine groups is 1. The van der Waals surface area contributed by atoms with Crippen molar-refractivity contribution in [1.82, 2.24) is 16.0 Å². The van der Waals surface area contributed by atoms with Gasteiger partial charge in [-0.05, 0) is 32.8 Å². The second-order valence-corrected chi connectivity index (χ2v) is 6.33. The summed E-state index contributed by atoms with van der Waals surface area (Å²) in [6.07, 6.45) is 2.06. The van der Waals surface area contributed by atoms with E-state index in [0.29, 0.717) is 19.6 Å². The predicted octanol–water partition coefficient (Wildman–Crippen LogP) is 2.32. The van der Waals surface area contributed by atoms with Gasteiger partial charge in [-0.2, -0.15) is 0 Å². The van der Waals surface area contributed by atoms with Gasteiger partial charge in [-0.3, -0.25) is 4.79 Å². The highest BCUT2D eigenvalue weighted by atomic mass is 16.3. The Morgan fingerprint density at radius 2 is 1.96 bits per heavy atom. The second kappa shape index (κ2) is 8.05. The molecule has 2 aromatic rings. The lowest BCUT2D eigenvalue weighted by molar-refractivity contribution is -0.122. The molecule has 0 radical (unpaired) electrons. The molecule has 3 N–H and O–H groups in total. The van der Waals surface area contributed by atoms with Crippen molar-refractivity contribution in [2.75, 3.05) is 19.6 Å². The summed E-state index contributed by atoms with van der Waals surface area (Å²) in [6.45, 7) is 6.58. The molecule has 6 heteroatoms. The molecule has 0 spiro atoms. The highest BCUT2D eigenvalue weighted by Crippen LogP contribution is 2.28. The Morgan fingerprint density at radius 1 is 1.20 bits per heavy atom. The van der Waals surface area contributed by atoms with Crippen LogP contribution in [0.15, 0.2) is 33.7 Å². The second-order valence-electron chi connectivity index (χ2n) is 6.33. The summed E-state index contributed by atoms with van der Waals surface area (Å²) in [7, 11) is 0. The number of aryl methyl sites for hydroxylation is 1. The number of para-hydroxylation sites is 1. The van der Waals surface area contributed by atoms with E-state index in [1.165, 1.54) is 0 Å². The third-order valence-electron chi connectivity index (χ3n) is 4.33. The van der Waals surface area contributed by atoms with E-state index in [4.69, 9.17) is 4.42 Å². The smallest absolute Gasteiger partial charge is 0.223 e. The summed E-state index contributed by atoms with van der Waals surface area (Å²) >= 11 is 0. The van der Waals surface area contributed by atoms with Crippen molar-refractivity contribution < 1.29 is 9.21 Å². The van der Waals surface area contributed by atoms with Crippen molar-refractivity contribution in [3.63, 3.8) is 0 Å². The molecule has 1 aliphatic rings. The molecule has 0 atom stereocenters. The molecule has 0 unspecified atom stereocenters. The minimum Gasteiger partial charge on any atom is -0.459 e. The van der Waals surface area contributed by atoms with Crippen LogP contribution in [-0.4, -0.2) is 31.5 Å². The monoisotopic (exact) mass is 342 g/mol. The molecule has 1 aliphatic carbocycles. The molecule has 134 valence electrons. The molecule has 1 amide bonds. The number of carbonyl (C=O) groups excluding carboxylic acids is 1. The Hall–Kier alpha value is -2.50. The van der Waals surface area contributed by atoms with Crippen LogP contribution in [0.5, 0.6) is 0 Å². The van der Waals surface area contributed by atoms with Crippen molar-refractivity contribution in [1.29, 1.82) is 0 Å². The van der Waals surface area contributed by atoms with Crippen molar-refractivity contribution >= 4 is 22.8 Å². The zero-order chi connectivity index (χ0) is 17.6. The van der Waals surface area contributed by atoms with Gasteiger partial charge in [0.1, 0.15) is 17.9 Å². The van der Waals surface area contributed by atoms with Crippen LogP contribution in [0, 0.1) is 12.8 Å². The summed E-state index contributed by atoms with van der Waals surface area (Å²) in [5, 5.41) is 10.5. The maximum absolute atomic E-state index is 11.6. The van der Waals surface area contributed by atoms with E-state index in [0.717, 1.165) is 47.6 Å². The molecular weight excluding hydrogens is 316 g/mol. The summed E-state index contributed by atoms with van der Waals surface area (Å²) in [4.78, 5) is 16.2. The van der Waals surface area contributed by atoms with Gasteiger partial charge in [0.05, 0.1) is 0 Å². The van der Waals surface area contributed by atoms with E-state index < -0.39 is 0 Å². The quantitative estimate of drug-likeness (QED) is 0.410. The topological polar surface area (TPSA) is 78.7 Å². The first kappa shape index (κ1) is 17.3. The third-order valence-corrected chi connectivity index (χ3v) is 4.33. The maximum Gasteiger partial charge on any atom is 0.223 e. The number of benzene rings is 1. The lowest BCUT2D eigenvalue weighted by Crippen LogP contribution is -2.41. The van der Waals surface area contributed by atoms with Gasteiger partial charge in [-0.15, -0.1) is 0 Å². The summed E-state index contributed by atoms with van der Waals surface area (Å²) in [5.41, 5.74) is 2.03. The number of hydrogen-bond donors (Lipinski definition) is 3. The average Bonchev–Trinajstić information content (AvgIpc) is 3.42. The Labute approximate surface area is 148 Å². The Morgan fingerprint density at radius 3 is 2.68 bits per heavy atom. The van der Waals surface area contributed by atoms with E-state index in [2.05, 4.69) is 33.9 Å². The van der Waals surface area contributed by atoms with E-state index in [-0.39, 0.29) is 11.8 Å². The van der Waals surface area contributed by atoms with E-state index in [9.17, 15) is 4.79 Å². The van der Waals surface area contributed by atoms with Gasteiger partial charge in [0, 0.05) is 36.5 Å². The lowest BCUT2D eigenvalue weighted by Gasteiger charge is -2.11. The summed E-state index contributed by atoms with van der Waals surface area (Å²) < 4.78 is 5.90. The van der Waals surface area contributed by atoms with Gasteiger partial charge < -0.3 is 20.4 Å². The minimum absolute atomic E-state index is 0.168. The number of hydrogen-bond acceptors (Lipinski definition) is 3. The van der Waals surface area contributed by atoms with Gasteiger partial charge in [0.25, 0.3) is 0 Å². The number of nitrogens with one attached hydrogen (secondary N) is 3. The number of fused-ring (bicyclic) bond motifs is 1. The van der Waals surface area contributed by atoms with Crippen LogP contribution in [0.3, 0.4) is 0 Å². The fraction of sp³-hybridized carbons (Fsp3) is 0.474. The Bertz CT molecular complexity index is 762. The highest BCUT2D eigenvalue weighted by Gasteiger charge is 2.28. The predicted molar refractivity (Wildman–Crippen MR) is 99.5 cm³/mol. The molecule has 1 saturated carbocycles. The summed E-state index contributed by atoms with van der Waals surface area (Å²) in [5.74, 6) is 2.02. The summed E-state index contributed by atoms with van der Waals surface area (Å²) in [6, 6.07) is 8.02. The van der Waals surface area contributed by atoms with Crippen LogP contribution in [0.1, 0.15) is 31.1 Å². The number of nitrogens with zero attached hydrogens (tertiary/aromatic N) is 1. The van der Waals surface area contributed by atoms with Gasteiger partial charge in [0.2, 0.25) is 5.91 Å². The van der Waals surface area contributed by atoms with Crippen LogP contribution in [-0.2, 0) is 11.3 Å². The Balaban J connectivity index is 1.55. The minimum atomic E-state index is 0.168. The normalized spacial score (nSPS) is 14.6. The zero-order valence-electron chi connectivity index (χ0n) is 14.9. The molecule has 0 aliphatic heterocycles. The number of amides is 1. The van der Waals surface area contributed by atoms with E-state index in [1.807, 2.05) is 25.1 Å². The fourth-order valence-electron chi connectivity index (χ4n) is 2.72. The molecule has 1 fully saturated rings. The molecule has 1 aromatic carbocycles. The molecule has 0 bridgehead atoms. The standard InChI is InChI=1S/C19H26N4O2/c1-3-20-19(22-11-10-21-18(24)14-8-9-14)23-12-17-13(2)15-6-4-5-7-16(15)25-17/h4-7,14H,3,8-12H2,1-2H3,(H,21,24)(H2,20,22,23). The molecular formula is C19H26N4O2. The maximum atomic E-state index is 11.6. The van der Waals surface area contributed by atoms with Crippen LogP contribution >= 0.6 is 0 Å². The van der Waals surface area contributed by atoms with Crippen LogP contribution in [0.25, 0.3) is 11.0 Å². The largest absolute Gasteiger partial charge is 0.459 e. The molecule has 6 nitrogen and oxygen atoms in total. The molecule has 1 heterocycles. The van der Waals surface area contributed by atoms with Crippen molar-refractivity contribution in [3.05, 3.63) is 35.6 Å². The van der Waals surface area contributed by atoms with Gasteiger partial charge in [0.15, 0.2) is 5.96 Å². The van der Waals surface area contributed by atoms with Gasteiger partial charge in [-0.1, -0.05) is 18.2 Å². The molecule has 1 aromatic heterocycles. The number of furan rings is 1. The fourth-order valence-corrected chi connectivity index (χ4v) is 2.72. The van der Waals surface area contributed by atoms with Gasteiger partial charge >= 0.3 is 0 Å². The van der Waals surface area contributed by atoms with E-state index >= 15 is 0 Å². The third kappa shape index (κ3) is 4.53. The van der Waals surface area contributed by atoms with E-state index in [1.54, 1.807) is 0 Å². The first-order chi connectivity index (χ1) is 12.2. The van der Waals surface area contributed by atoms with Crippen molar-refractivity contribution in [3.8, 4) is 0 Å². The number of carbonyl (C=O) groups is 1. The molecule has 3 rings (SSSR count). The average molecular weight is 342 g/mol.